The molecule has 10 nitrogen and oxygen atoms in total. The van der Waals surface area contributed by atoms with Gasteiger partial charge in [0.25, 0.3) is 0 Å². The van der Waals surface area contributed by atoms with Gasteiger partial charge in [-0.2, -0.15) is 29.9 Å². The Labute approximate surface area is 161 Å². The third-order valence-corrected chi connectivity index (χ3v) is 3.67. The van der Waals surface area contributed by atoms with Crippen molar-refractivity contribution in [3.8, 4) is 12.0 Å². The fourth-order valence-corrected chi connectivity index (χ4v) is 2.42. The summed E-state index contributed by atoms with van der Waals surface area (Å²) in [7, 11) is 2.88. The molecule has 2 N–H and O–H groups in total. The summed E-state index contributed by atoms with van der Waals surface area (Å²) >= 11 is 11.9. The van der Waals surface area contributed by atoms with Gasteiger partial charge in [0.2, 0.25) is 22.5 Å². The number of anilines is 2. The van der Waals surface area contributed by atoms with Crippen molar-refractivity contribution in [2.75, 3.05) is 32.2 Å². The fourth-order valence-electron chi connectivity index (χ4n) is 2.13. The maximum absolute atomic E-state index is 5.97. The number of hydrogen-bond donors (Lipinski definition) is 1. The van der Waals surface area contributed by atoms with Gasteiger partial charge in [-0.05, 0) is 42.6 Å². The zero-order valence-corrected chi connectivity index (χ0v) is 16.0. The van der Waals surface area contributed by atoms with Crippen LogP contribution in [-0.2, 0) is 0 Å². The number of halogens is 2. The Hall–Kier alpha value is -2.04. The summed E-state index contributed by atoms with van der Waals surface area (Å²) in [5, 5.41) is -0.0146. The minimum atomic E-state index is -0.00731. The molecule has 0 amide bonds. The molecule has 2 aromatic rings. The Balaban J connectivity index is 2.32. The number of methoxy groups -OCH3 is 2. The van der Waals surface area contributed by atoms with Gasteiger partial charge in [-0.1, -0.05) is 12.8 Å². The molecule has 142 valence electrons. The van der Waals surface area contributed by atoms with Gasteiger partial charge >= 0.3 is 12.0 Å². The molecule has 0 atom stereocenters. The number of ether oxygens (including phenoxy) is 2. The van der Waals surface area contributed by atoms with Crippen molar-refractivity contribution < 1.29 is 9.47 Å². The van der Waals surface area contributed by atoms with E-state index in [1.54, 1.807) is 4.90 Å². The lowest BCUT2D eigenvalue weighted by atomic mass is 10.2. The largest absolute Gasteiger partial charge is 0.467 e. The van der Waals surface area contributed by atoms with Crippen LogP contribution in [0.5, 0.6) is 12.0 Å². The molecule has 12 heteroatoms. The molecule has 0 radical (unpaired) electrons. The van der Waals surface area contributed by atoms with Crippen LogP contribution in [-0.4, -0.2) is 57.2 Å². The number of rotatable bonds is 10. The second-order valence-corrected chi connectivity index (χ2v) is 5.81. The quantitative estimate of drug-likeness (QED) is 0.589. The highest BCUT2D eigenvalue weighted by molar-refractivity contribution is 6.28. The van der Waals surface area contributed by atoms with Gasteiger partial charge in [0.15, 0.2) is 0 Å². The van der Waals surface area contributed by atoms with Crippen LogP contribution in [0.3, 0.4) is 0 Å². The molecule has 0 unspecified atom stereocenters. The molecule has 0 saturated heterocycles. The van der Waals surface area contributed by atoms with Crippen LogP contribution in [0.15, 0.2) is 0 Å². The molecule has 0 aliphatic heterocycles. The molecule has 0 fully saturated rings. The fraction of sp³-hybridized carbons (Fsp3) is 0.571. The molecule has 2 rings (SSSR count). The average molecular weight is 403 g/mol. The van der Waals surface area contributed by atoms with Gasteiger partial charge in [0, 0.05) is 6.54 Å². The molecule has 0 saturated carbocycles. The van der Waals surface area contributed by atoms with Crippen molar-refractivity contribution in [3.05, 3.63) is 10.6 Å². The van der Waals surface area contributed by atoms with Crippen molar-refractivity contribution in [3.63, 3.8) is 0 Å². The average Bonchev–Trinajstić information content (AvgIpc) is 2.63. The van der Waals surface area contributed by atoms with Crippen molar-refractivity contribution in [1.29, 1.82) is 0 Å². The highest BCUT2D eigenvalue weighted by atomic mass is 35.5. The van der Waals surface area contributed by atoms with Crippen LogP contribution in [0, 0.1) is 0 Å². The van der Waals surface area contributed by atoms with E-state index in [1.807, 2.05) is 0 Å². The molecule has 0 aliphatic rings. The lowest BCUT2D eigenvalue weighted by molar-refractivity contribution is 0.376. The standard InChI is InChI=1S/C14H20Cl2N8O2/c1-25-13-20-9(15)18-11(22-13)24(8-6-4-3-5-7-17)12-19-10(16)21-14(23-12)26-2/h3-8,17H2,1-2H3. The summed E-state index contributed by atoms with van der Waals surface area (Å²) < 4.78 is 10.1. The normalized spacial score (nSPS) is 10.7. The van der Waals surface area contributed by atoms with Gasteiger partial charge in [-0.15, -0.1) is 0 Å². The Bertz CT molecular complexity index is 668. The number of nitrogens with two attached hydrogens (primary N) is 1. The van der Waals surface area contributed by atoms with Crippen LogP contribution >= 0.6 is 23.2 Å². The summed E-state index contributed by atoms with van der Waals surface area (Å²) in [6.07, 6.45) is 3.79. The number of aromatic nitrogens is 6. The third kappa shape index (κ3) is 5.75. The SMILES string of the molecule is COc1nc(Cl)nc(N(CCCCCCN)c2nc(Cl)nc(OC)n2)n1. The molecule has 0 spiro atoms. The van der Waals surface area contributed by atoms with Gasteiger partial charge in [0.05, 0.1) is 14.2 Å². The first kappa shape index (κ1) is 20.3. The first-order valence-corrected chi connectivity index (χ1v) is 8.71. The van der Waals surface area contributed by atoms with E-state index in [9.17, 15) is 0 Å². The molecule has 26 heavy (non-hydrogen) atoms. The van der Waals surface area contributed by atoms with E-state index < -0.39 is 0 Å². The highest BCUT2D eigenvalue weighted by Crippen LogP contribution is 2.24. The van der Waals surface area contributed by atoms with Gasteiger partial charge in [-0.25, -0.2) is 0 Å². The Morgan fingerprint density at radius 2 is 1.27 bits per heavy atom. The lowest BCUT2D eigenvalue weighted by Gasteiger charge is -2.21. The molecular formula is C14H20Cl2N8O2. The van der Waals surface area contributed by atoms with Crippen molar-refractivity contribution >= 4 is 35.1 Å². The Morgan fingerprint density at radius 3 is 1.73 bits per heavy atom. The predicted octanol–water partition coefficient (Wildman–Crippen LogP) is 2.04. The summed E-state index contributed by atoms with van der Waals surface area (Å²) in [6, 6.07) is 0.167. The van der Waals surface area contributed by atoms with Crippen LogP contribution in [0.4, 0.5) is 11.9 Å². The predicted molar refractivity (Wildman–Crippen MR) is 97.3 cm³/mol. The number of unbranched alkanes of at least 4 members (excludes halogenated alkanes) is 3. The van der Waals surface area contributed by atoms with Crippen molar-refractivity contribution in [1.82, 2.24) is 29.9 Å². The van der Waals surface area contributed by atoms with E-state index in [0.717, 1.165) is 25.7 Å². The Kier molecular flexibility index (Phi) is 7.95. The zero-order chi connectivity index (χ0) is 18.9. The van der Waals surface area contributed by atoms with Crippen LogP contribution in [0.2, 0.25) is 10.6 Å². The van der Waals surface area contributed by atoms with Crippen molar-refractivity contribution in [2.24, 2.45) is 5.73 Å². The second-order valence-electron chi connectivity index (χ2n) is 5.14. The molecule has 0 bridgehead atoms. The van der Waals surface area contributed by atoms with E-state index in [-0.39, 0.29) is 34.5 Å². The van der Waals surface area contributed by atoms with E-state index in [2.05, 4.69) is 29.9 Å². The van der Waals surface area contributed by atoms with E-state index >= 15 is 0 Å². The maximum Gasteiger partial charge on any atom is 0.322 e. The van der Waals surface area contributed by atoms with Crippen molar-refractivity contribution in [2.45, 2.75) is 25.7 Å². The number of hydrogen-bond acceptors (Lipinski definition) is 10. The van der Waals surface area contributed by atoms with E-state index in [4.69, 9.17) is 38.4 Å². The highest BCUT2D eigenvalue weighted by Gasteiger charge is 2.20. The molecule has 0 aliphatic carbocycles. The number of nitrogens with zero attached hydrogens (tertiary/aromatic N) is 7. The summed E-state index contributed by atoms with van der Waals surface area (Å²) in [5.74, 6) is 0.481. The monoisotopic (exact) mass is 402 g/mol. The van der Waals surface area contributed by atoms with Crippen LogP contribution < -0.4 is 20.1 Å². The molecule has 2 aromatic heterocycles. The lowest BCUT2D eigenvalue weighted by Crippen LogP contribution is -2.24. The summed E-state index contributed by atoms with van der Waals surface area (Å²) in [6.45, 7) is 1.20. The minimum Gasteiger partial charge on any atom is -0.467 e. The van der Waals surface area contributed by atoms with Gasteiger partial charge in [-0.3, -0.25) is 4.90 Å². The maximum atomic E-state index is 5.97. The molecule has 2 heterocycles. The van der Waals surface area contributed by atoms with Gasteiger partial charge < -0.3 is 15.2 Å². The Morgan fingerprint density at radius 1 is 0.769 bits per heavy atom. The van der Waals surface area contributed by atoms with Crippen LogP contribution in [0.25, 0.3) is 0 Å². The second kappa shape index (κ2) is 10.2. The topological polar surface area (TPSA) is 125 Å². The molecular weight excluding hydrogens is 383 g/mol. The summed E-state index contributed by atoms with van der Waals surface area (Å²) in [4.78, 5) is 26.1. The first-order valence-electron chi connectivity index (χ1n) is 7.96. The third-order valence-electron chi connectivity index (χ3n) is 3.34. The summed E-state index contributed by atoms with van der Waals surface area (Å²) in [5.41, 5.74) is 5.53. The zero-order valence-electron chi connectivity index (χ0n) is 14.5. The van der Waals surface area contributed by atoms with Crippen LogP contribution in [0.1, 0.15) is 25.7 Å². The smallest absolute Gasteiger partial charge is 0.322 e. The molecule has 0 aromatic carbocycles. The minimum absolute atomic E-state index is 0.00731. The van der Waals surface area contributed by atoms with Gasteiger partial charge in [0.1, 0.15) is 0 Å². The van der Waals surface area contributed by atoms with E-state index in [0.29, 0.717) is 13.1 Å². The van der Waals surface area contributed by atoms with E-state index in [1.165, 1.54) is 14.2 Å². The first-order chi connectivity index (χ1) is 12.6.